The molecule has 0 aliphatic rings. The van der Waals surface area contributed by atoms with Crippen molar-refractivity contribution < 1.29 is 4.79 Å². The number of nitrogens with one attached hydrogen (secondary N) is 1. The van der Waals surface area contributed by atoms with E-state index < -0.39 is 0 Å². The Balaban J connectivity index is 2.43. The second kappa shape index (κ2) is 7.40. The number of anilines is 1. The minimum absolute atomic E-state index is 0.0533. The third kappa shape index (κ3) is 3.79. The monoisotopic (exact) mass is 310 g/mol. The van der Waals surface area contributed by atoms with Gasteiger partial charge in [-0.05, 0) is 56.4 Å². The Labute approximate surface area is 139 Å². The first-order valence-corrected chi connectivity index (χ1v) is 8.34. The van der Waals surface area contributed by atoms with E-state index >= 15 is 0 Å². The van der Waals surface area contributed by atoms with Crippen molar-refractivity contribution in [3.63, 3.8) is 0 Å². The van der Waals surface area contributed by atoms with E-state index in [2.05, 4.69) is 30.2 Å². The second-order valence-electron chi connectivity index (χ2n) is 6.05. The van der Waals surface area contributed by atoms with Gasteiger partial charge in [-0.2, -0.15) is 0 Å². The van der Waals surface area contributed by atoms with Gasteiger partial charge in [0.2, 0.25) is 0 Å². The topological polar surface area (TPSA) is 42.0 Å². The zero-order valence-corrected chi connectivity index (χ0v) is 14.8. The molecular weight excluding hydrogens is 284 g/mol. The predicted octanol–water partition coefficient (Wildman–Crippen LogP) is 4.77. The average Bonchev–Trinajstić information content (AvgIpc) is 2.48. The van der Waals surface area contributed by atoms with Gasteiger partial charge in [-0.25, -0.2) is 0 Å². The summed E-state index contributed by atoms with van der Waals surface area (Å²) in [5.74, 6) is -0.0533. The van der Waals surface area contributed by atoms with E-state index in [0.717, 1.165) is 58.6 Å². The molecule has 2 aromatic rings. The Morgan fingerprint density at radius 1 is 1.13 bits per heavy atom. The first-order chi connectivity index (χ1) is 11.0. The van der Waals surface area contributed by atoms with Gasteiger partial charge in [-0.3, -0.25) is 9.78 Å². The van der Waals surface area contributed by atoms with Crippen LogP contribution in [0.1, 0.15) is 58.7 Å². The third-order valence-corrected chi connectivity index (χ3v) is 4.14. The molecule has 0 aliphatic heterocycles. The second-order valence-corrected chi connectivity index (χ2v) is 6.05. The lowest BCUT2D eigenvalue weighted by Crippen LogP contribution is -2.19. The van der Waals surface area contributed by atoms with Gasteiger partial charge in [0, 0.05) is 11.4 Å². The van der Waals surface area contributed by atoms with Gasteiger partial charge >= 0.3 is 0 Å². The molecule has 1 N–H and O–H groups in total. The first-order valence-electron chi connectivity index (χ1n) is 8.34. The largest absolute Gasteiger partial charge is 0.321 e. The van der Waals surface area contributed by atoms with Crippen LogP contribution in [0, 0.1) is 20.8 Å². The average molecular weight is 310 g/mol. The highest BCUT2D eigenvalue weighted by Gasteiger charge is 2.17. The summed E-state index contributed by atoms with van der Waals surface area (Å²) in [7, 11) is 0. The highest BCUT2D eigenvalue weighted by molar-refractivity contribution is 6.06. The van der Waals surface area contributed by atoms with Gasteiger partial charge in [-0.15, -0.1) is 0 Å². The Bertz CT molecular complexity index is 720. The maximum Gasteiger partial charge on any atom is 0.257 e. The number of benzene rings is 1. The van der Waals surface area contributed by atoms with Gasteiger partial charge < -0.3 is 5.32 Å². The molecule has 0 fully saturated rings. The summed E-state index contributed by atoms with van der Waals surface area (Å²) >= 11 is 0. The molecule has 0 saturated heterocycles. The number of hydrogen-bond acceptors (Lipinski definition) is 2. The Hall–Kier alpha value is -2.16. The lowest BCUT2D eigenvalue weighted by molar-refractivity contribution is 0.102. The molecule has 1 aromatic carbocycles. The fraction of sp³-hybridized carbons (Fsp3) is 0.400. The molecule has 1 heterocycles. The number of hydrogen-bond donors (Lipinski definition) is 1. The maximum absolute atomic E-state index is 12.9. The molecule has 3 heteroatoms. The van der Waals surface area contributed by atoms with E-state index in [-0.39, 0.29) is 5.91 Å². The van der Waals surface area contributed by atoms with E-state index in [1.807, 2.05) is 39.0 Å². The number of para-hydroxylation sites is 1. The van der Waals surface area contributed by atoms with Crippen LogP contribution in [0.2, 0.25) is 0 Å². The van der Waals surface area contributed by atoms with E-state index in [1.54, 1.807) is 0 Å². The number of carbonyl (C=O) groups excluding carboxylic acids is 1. The molecule has 122 valence electrons. The summed E-state index contributed by atoms with van der Waals surface area (Å²) in [6.07, 6.45) is 2.79. The van der Waals surface area contributed by atoms with Crippen LogP contribution >= 0.6 is 0 Å². The van der Waals surface area contributed by atoms with Crippen molar-refractivity contribution in [2.45, 2.75) is 53.9 Å². The van der Waals surface area contributed by atoms with Crippen LogP contribution in [0.15, 0.2) is 24.3 Å². The van der Waals surface area contributed by atoms with Crippen molar-refractivity contribution in [1.29, 1.82) is 0 Å². The van der Waals surface area contributed by atoms with Gasteiger partial charge in [0.1, 0.15) is 0 Å². The van der Waals surface area contributed by atoms with E-state index in [4.69, 9.17) is 0 Å². The van der Waals surface area contributed by atoms with Crippen molar-refractivity contribution in [3.05, 3.63) is 57.9 Å². The molecule has 0 spiro atoms. The van der Waals surface area contributed by atoms with Crippen LogP contribution in [0.3, 0.4) is 0 Å². The molecule has 0 bridgehead atoms. The molecule has 1 amide bonds. The molecule has 0 unspecified atom stereocenters. The molecule has 3 nitrogen and oxygen atoms in total. The lowest BCUT2D eigenvalue weighted by Gasteiger charge is -2.16. The zero-order valence-electron chi connectivity index (χ0n) is 14.8. The van der Waals surface area contributed by atoms with Crippen LogP contribution in [0.25, 0.3) is 0 Å². The standard InChI is InChI=1S/C20H26N2O/c1-6-9-17-12-14(4)21-15(5)18(17)20(23)22-19-13(3)10-8-11-16(19)7-2/h8,10-12H,6-7,9H2,1-5H3,(H,22,23). The number of amides is 1. The number of nitrogens with zero attached hydrogens (tertiary/aromatic N) is 1. The highest BCUT2D eigenvalue weighted by Crippen LogP contribution is 2.24. The normalized spacial score (nSPS) is 10.7. The summed E-state index contributed by atoms with van der Waals surface area (Å²) in [5, 5.41) is 3.13. The highest BCUT2D eigenvalue weighted by atomic mass is 16.1. The molecule has 0 saturated carbocycles. The van der Waals surface area contributed by atoms with Gasteiger partial charge in [0.05, 0.1) is 11.3 Å². The van der Waals surface area contributed by atoms with Crippen LogP contribution in [-0.4, -0.2) is 10.9 Å². The minimum atomic E-state index is -0.0533. The van der Waals surface area contributed by atoms with Crippen LogP contribution in [-0.2, 0) is 12.8 Å². The Morgan fingerprint density at radius 3 is 2.52 bits per heavy atom. The smallest absolute Gasteiger partial charge is 0.257 e. The summed E-state index contributed by atoms with van der Waals surface area (Å²) in [5.41, 5.74) is 6.76. The van der Waals surface area contributed by atoms with E-state index in [1.165, 1.54) is 0 Å². The van der Waals surface area contributed by atoms with Crippen LogP contribution < -0.4 is 5.32 Å². The van der Waals surface area contributed by atoms with Crippen molar-refractivity contribution in [2.24, 2.45) is 0 Å². The predicted molar refractivity (Wildman–Crippen MR) is 96.2 cm³/mol. The van der Waals surface area contributed by atoms with Gasteiger partial charge in [0.15, 0.2) is 0 Å². The van der Waals surface area contributed by atoms with Crippen LogP contribution in [0.4, 0.5) is 5.69 Å². The number of aromatic nitrogens is 1. The maximum atomic E-state index is 12.9. The Morgan fingerprint density at radius 2 is 1.87 bits per heavy atom. The van der Waals surface area contributed by atoms with Gasteiger partial charge in [0.25, 0.3) is 5.91 Å². The Kier molecular flexibility index (Phi) is 5.54. The number of pyridine rings is 1. The van der Waals surface area contributed by atoms with Crippen molar-refractivity contribution in [1.82, 2.24) is 4.98 Å². The van der Waals surface area contributed by atoms with Crippen molar-refractivity contribution in [2.75, 3.05) is 5.32 Å². The van der Waals surface area contributed by atoms with E-state index in [9.17, 15) is 4.79 Å². The molecule has 0 radical (unpaired) electrons. The molecule has 0 aliphatic carbocycles. The van der Waals surface area contributed by atoms with Crippen LogP contribution in [0.5, 0.6) is 0 Å². The lowest BCUT2D eigenvalue weighted by atomic mass is 9.99. The number of aryl methyl sites for hydroxylation is 5. The fourth-order valence-corrected chi connectivity index (χ4v) is 3.06. The summed E-state index contributed by atoms with van der Waals surface area (Å²) in [4.78, 5) is 17.4. The molecule has 2 rings (SSSR count). The minimum Gasteiger partial charge on any atom is -0.321 e. The quantitative estimate of drug-likeness (QED) is 0.864. The SMILES string of the molecule is CCCc1cc(C)nc(C)c1C(=O)Nc1c(C)cccc1CC. The summed E-state index contributed by atoms with van der Waals surface area (Å²) < 4.78 is 0. The fourth-order valence-electron chi connectivity index (χ4n) is 3.06. The van der Waals surface area contributed by atoms with Crippen molar-refractivity contribution in [3.8, 4) is 0 Å². The number of rotatable bonds is 5. The van der Waals surface area contributed by atoms with Crippen molar-refractivity contribution >= 4 is 11.6 Å². The molecule has 0 atom stereocenters. The van der Waals surface area contributed by atoms with E-state index in [0.29, 0.717) is 0 Å². The first kappa shape index (κ1) is 17.2. The molecular formula is C20H26N2O. The third-order valence-electron chi connectivity index (χ3n) is 4.14. The summed E-state index contributed by atoms with van der Waals surface area (Å²) in [6, 6.07) is 8.16. The van der Waals surface area contributed by atoms with Gasteiger partial charge in [-0.1, -0.05) is 38.5 Å². The summed E-state index contributed by atoms with van der Waals surface area (Å²) in [6.45, 7) is 10.2. The zero-order chi connectivity index (χ0) is 17.0. The number of carbonyl (C=O) groups is 1. The molecule has 23 heavy (non-hydrogen) atoms. The molecule has 1 aromatic heterocycles.